The van der Waals surface area contributed by atoms with Crippen LogP contribution in [0.4, 0.5) is 0 Å². The number of hydrogen-bond donors (Lipinski definition) is 8. The Morgan fingerprint density at radius 3 is 1.22 bits per heavy atom. The zero-order chi connectivity index (χ0) is 15.0. The maximum Gasteiger partial charge on any atom is 0.380 e. The second kappa shape index (κ2) is 8.87. The van der Waals surface area contributed by atoms with E-state index in [0.717, 1.165) is 0 Å². The highest BCUT2D eigenvalue weighted by Gasteiger charge is 1.97. The minimum absolute atomic E-state index is 0.0764. The molecule has 12 heteroatoms. The summed E-state index contributed by atoms with van der Waals surface area (Å²) in [6, 6.07) is 6.15. The van der Waals surface area contributed by atoms with Gasteiger partial charge in [0.05, 0.1) is 0 Å². The quantitative estimate of drug-likeness (QED) is 0.189. The molecule has 1 aromatic rings. The summed E-state index contributed by atoms with van der Waals surface area (Å²) in [5, 5.41) is 17.3. The number of para-hydroxylation sites is 2. The molecular formula is C6H12O8P2S2. The molecule has 18 heavy (non-hydrogen) atoms. The number of benzene rings is 1. The average Bonchev–Trinajstić information content (AvgIpc) is 2.04. The van der Waals surface area contributed by atoms with Gasteiger partial charge in [0.25, 0.3) is 0 Å². The monoisotopic (exact) mass is 338 g/mol. The van der Waals surface area contributed by atoms with Gasteiger partial charge in [0, 0.05) is 0 Å². The Hall–Kier alpha value is -0.150. The van der Waals surface area contributed by atoms with Gasteiger partial charge in [-0.05, 0) is 23.9 Å². The molecule has 1 rings (SSSR count). The van der Waals surface area contributed by atoms with Gasteiger partial charge in [-0.3, -0.25) is 0 Å². The topological polar surface area (TPSA) is 159 Å². The lowest BCUT2D eigenvalue weighted by Crippen LogP contribution is -1.65. The molecule has 8 nitrogen and oxygen atoms in total. The Balaban J connectivity index is 0. The number of hydrogen-bond acceptors (Lipinski definition) is 4. The van der Waals surface area contributed by atoms with Crippen molar-refractivity contribution in [2.24, 2.45) is 0 Å². The fourth-order valence-electron chi connectivity index (χ4n) is 0.464. The van der Waals surface area contributed by atoms with E-state index in [1.165, 1.54) is 12.1 Å². The summed E-state index contributed by atoms with van der Waals surface area (Å²) in [5.74, 6) is -0.153. The molecule has 0 aliphatic carbocycles. The highest BCUT2D eigenvalue weighted by Crippen LogP contribution is 2.39. The lowest BCUT2D eigenvalue weighted by atomic mass is 10.3. The van der Waals surface area contributed by atoms with Crippen molar-refractivity contribution in [1.29, 1.82) is 0 Å². The maximum atomic E-state index is 9.19. The number of aromatic hydroxyl groups is 2. The zero-order valence-electron chi connectivity index (χ0n) is 8.60. The minimum Gasteiger partial charge on any atom is -0.504 e. The van der Waals surface area contributed by atoms with E-state index < -0.39 is 13.5 Å². The fraction of sp³-hybridized carbons (Fsp3) is 0. The van der Waals surface area contributed by atoms with Crippen molar-refractivity contribution in [3.63, 3.8) is 0 Å². The summed E-state index contributed by atoms with van der Waals surface area (Å²) in [4.78, 5) is 37.7. The lowest BCUT2D eigenvalue weighted by molar-refractivity contribution is 0.363. The molecule has 0 heterocycles. The van der Waals surface area contributed by atoms with Gasteiger partial charge in [-0.15, -0.1) is 0 Å². The van der Waals surface area contributed by atoms with Crippen molar-refractivity contribution in [3.8, 4) is 11.5 Å². The Bertz CT molecular complexity index is 383. The van der Waals surface area contributed by atoms with E-state index in [-0.39, 0.29) is 11.5 Å². The molecule has 0 bridgehead atoms. The van der Waals surface area contributed by atoms with Crippen LogP contribution < -0.4 is 0 Å². The molecule has 0 saturated carbocycles. The molecule has 0 spiro atoms. The smallest absolute Gasteiger partial charge is 0.380 e. The SMILES string of the molecule is O=P(O)(O)S.OP(O)(O)=S.Oc1ccccc1O. The fourth-order valence-corrected chi connectivity index (χ4v) is 0.464. The van der Waals surface area contributed by atoms with Gasteiger partial charge in [-0.1, -0.05) is 24.4 Å². The first-order chi connectivity index (χ1) is 7.80. The second-order valence-corrected chi connectivity index (χ2v) is 7.60. The van der Waals surface area contributed by atoms with Gasteiger partial charge < -0.3 is 34.7 Å². The predicted molar refractivity (Wildman–Crippen MR) is 71.7 cm³/mol. The van der Waals surface area contributed by atoms with E-state index in [9.17, 15) is 4.57 Å². The molecule has 7 N–H and O–H groups in total. The van der Waals surface area contributed by atoms with Crippen molar-refractivity contribution in [2.45, 2.75) is 0 Å². The Morgan fingerprint density at radius 2 is 1.11 bits per heavy atom. The van der Waals surface area contributed by atoms with Crippen LogP contribution >= 0.6 is 25.8 Å². The van der Waals surface area contributed by atoms with Gasteiger partial charge >= 0.3 is 13.5 Å². The highest BCUT2D eigenvalue weighted by molar-refractivity contribution is 8.43. The first-order valence-electron chi connectivity index (χ1n) is 3.84. The predicted octanol–water partition coefficient (Wildman–Crippen LogP) is 0.294. The summed E-state index contributed by atoms with van der Waals surface area (Å²) < 4.78 is 9.19. The van der Waals surface area contributed by atoms with Crippen LogP contribution in [0, 0.1) is 0 Å². The first-order valence-corrected chi connectivity index (χ1v) is 9.27. The molecule has 0 atom stereocenters. The van der Waals surface area contributed by atoms with Crippen LogP contribution in [0.3, 0.4) is 0 Å². The van der Waals surface area contributed by atoms with Gasteiger partial charge in [-0.25, -0.2) is 4.57 Å². The van der Waals surface area contributed by atoms with Gasteiger partial charge in [0.1, 0.15) is 0 Å². The summed E-state index contributed by atoms with van der Waals surface area (Å²) in [5.41, 5.74) is 0. The normalized spacial score (nSPS) is 10.6. The Kier molecular flexibility index (Phi) is 9.94. The molecule has 1 aromatic carbocycles. The Morgan fingerprint density at radius 1 is 0.944 bits per heavy atom. The van der Waals surface area contributed by atoms with Crippen LogP contribution in [-0.2, 0) is 16.4 Å². The van der Waals surface area contributed by atoms with Crippen molar-refractivity contribution in [3.05, 3.63) is 24.3 Å². The van der Waals surface area contributed by atoms with E-state index in [1.54, 1.807) is 12.1 Å². The van der Waals surface area contributed by atoms with Crippen LogP contribution in [-0.4, -0.2) is 34.7 Å². The van der Waals surface area contributed by atoms with Crippen molar-refractivity contribution in [2.75, 3.05) is 0 Å². The molecule has 0 radical (unpaired) electrons. The zero-order valence-corrected chi connectivity index (χ0v) is 12.1. The third kappa shape index (κ3) is 29.7. The van der Waals surface area contributed by atoms with Gasteiger partial charge in [0.15, 0.2) is 11.5 Å². The van der Waals surface area contributed by atoms with Crippen LogP contribution in [0.5, 0.6) is 11.5 Å². The van der Waals surface area contributed by atoms with Crippen LogP contribution in [0.25, 0.3) is 0 Å². The van der Waals surface area contributed by atoms with E-state index in [1.807, 2.05) is 0 Å². The van der Waals surface area contributed by atoms with E-state index >= 15 is 0 Å². The third-order valence-electron chi connectivity index (χ3n) is 0.882. The summed E-state index contributed by atoms with van der Waals surface area (Å²) in [6.07, 6.45) is 0. The molecule has 0 unspecified atom stereocenters. The second-order valence-electron chi connectivity index (χ2n) is 2.52. The van der Waals surface area contributed by atoms with Gasteiger partial charge in [-0.2, -0.15) is 0 Å². The van der Waals surface area contributed by atoms with Crippen molar-refractivity contribution in [1.82, 2.24) is 0 Å². The largest absolute Gasteiger partial charge is 0.504 e. The summed E-state index contributed by atoms with van der Waals surface area (Å²) in [6.45, 7) is -7.75. The lowest BCUT2D eigenvalue weighted by Gasteiger charge is -1.91. The van der Waals surface area contributed by atoms with Crippen LogP contribution in [0.1, 0.15) is 0 Å². The average molecular weight is 338 g/mol. The molecule has 0 amide bonds. The summed E-state index contributed by atoms with van der Waals surface area (Å²) in [7, 11) is 0. The number of thiol groups is 1. The molecule has 0 aliphatic heterocycles. The first kappa shape index (κ1) is 20.2. The number of rotatable bonds is 0. The van der Waals surface area contributed by atoms with Crippen molar-refractivity contribution < 1.29 is 39.2 Å². The van der Waals surface area contributed by atoms with Crippen LogP contribution in [0.15, 0.2) is 24.3 Å². The van der Waals surface area contributed by atoms with E-state index in [0.29, 0.717) is 0 Å². The minimum atomic E-state index is -3.94. The Labute approximate surface area is 113 Å². The molecule has 106 valence electrons. The van der Waals surface area contributed by atoms with E-state index in [4.69, 9.17) is 34.7 Å². The standard InChI is InChI=1S/C6H6O2.2H3O3PS/c7-5-3-1-2-4-6(5)8;2*1-4(2,3)5/h1-4,7-8H;2*(H3,1,2,3,5). The summed E-state index contributed by atoms with van der Waals surface area (Å²) >= 11 is 6.39. The van der Waals surface area contributed by atoms with E-state index in [2.05, 4.69) is 24.1 Å². The molecule has 0 saturated heterocycles. The number of phenols is 2. The van der Waals surface area contributed by atoms with Crippen LogP contribution in [0.2, 0.25) is 0 Å². The molecular weight excluding hydrogens is 326 g/mol. The maximum absolute atomic E-state index is 9.19. The van der Waals surface area contributed by atoms with Crippen molar-refractivity contribution >= 4 is 37.6 Å². The highest BCUT2D eigenvalue weighted by atomic mass is 32.7. The molecule has 0 aromatic heterocycles. The molecule has 0 fully saturated rings. The number of phenolic OH excluding ortho intramolecular Hbond substituents is 2. The van der Waals surface area contributed by atoms with Gasteiger partial charge in [0.2, 0.25) is 0 Å². The molecule has 0 aliphatic rings. The third-order valence-corrected chi connectivity index (χ3v) is 0.882.